The molecule has 0 spiro atoms. The largest absolute Gasteiger partial charge is 0.491 e. The highest BCUT2D eigenvalue weighted by Crippen LogP contribution is 2.35. The van der Waals surface area contributed by atoms with E-state index in [2.05, 4.69) is 10.0 Å². The van der Waals surface area contributed by atoms with Crippen molar-refractivity contribution in [1.29, 1.82) is 0 Å². The molecule has 0 aliphatic carbocycles. The van der Waals surface area contributed by atoms with Crippen LogP contribution in [-0.4, -0.2) is 41.3 Å². The van der Waals surface area contributed by atoms with Gasteiger partial charge in [0.25, 0.3) is 5.91 Å². The Morgan fingerprint density at radius 2 is 1.96 bits per heavy atom. The molecule has 0 saturated heterocycles. The first-order chi connectivity index (χ1) is 13.4. The number of carbonyl (C=O) groups is 1. The summed E-state index contributed by atoms with van der Waals surface area (Å²) in [7, 11) is -2.29. The van der Waals surface area contributed by atoms with Gasteiger partial charge in [-0.1, -0.05) is 23.7 Å². The van der Waals surface area contributed by atoms with Crippen LogP contribution in [0.4, 0.5) is 5.69 Å². The lowest BCUT2D eigenvalue weighted by Crippen LogP contribution is -2.27. The molecule has 1 aliphatic heterocycles. The predicted molar refractivity (Wildman–Crippen MR) is 103 cm³/mol. The highest BCUT2D eigenvalue weighted by atomic mass is 35.5. The molecule has 0 unspecified atom stereocenters. The summed E-state index contributed by atoms with van der Waals surface area (Å²) in [4.78, 5) is 11.2. The maximum Gasteiger partial charge on any atom is 0.262 e. The standard InChI is InChI=1S/C18H19ClN2O6S/c1-25-6-7-26-13-4-2-12(3-5-13)10-20-28(23,24)17-9-16-15(8-14(17)19)21-18(22)11-27-16/h2-5,8-9,20H,6-7,10-11H2,1H3,(H,21,22). The van der Waals surface area contributed by atoms with Crippen molar-refractivity contribution < 1.29 is 27.4 Å². The van der Waals surface area contributed by atoms with Crippen LogP contribution in [0.15, 0.2) is 41.3 Å². The number of methoxy groups -OCH3 is 1. The molecule has 8 nitrogen and oxygen atoms in total. The topological polar surface area (TPSA) is 103 Å². The smallest absolute Gasteiger partial charge is 0.262 e. The van der Waals surface area contributed by atoms with Crippen LogP contribution >= 0.6 is 11.6 Å². The summed E-state index contributed by atoms with van der Waals surface area (Å²) in [5.41, 5.74) is 1.09. The van der Waals surface area contributed by atoms with Gasteiger partial charge in [-0.15, -0.1) is 0 Å². The van der Waals surface area contributed by atoms with Crippen molar-refractivity contribution in [2.75, 3.05) is 32.2 Å². The predicted octanol–water partition coefficient (Wildman–Crippen LogP) is 2.17. The first-order valence-corrected chi connectivity index (χ1v) is 10.2. The molecular formula is C18H19ClN2O6S. The van der Waals surface area contributed by atoms with Gasteiger partial charge in [0, 0.05) is 19.7 Å². The zero-order chi connectivity index (χ0) is 20.1. The van der Waals surface area contributed by atoms with Crippen LogP contribution in [0.2, 0.25) is 5.02 Å². The van der Waals surface area contributed by atoms with E-state index in [0.717, 1.165) is 5.56 Å². The number of benzene rings is 2. The van der Waals surface area contributed by atoms with Gasteiger partial charge < -0.3 is 19.5 Å². The lowest BCUT2D eigenvalue weighted by molar-refractivity contribution is -0.118. The molecule has 0 bridgehead atoms. The Balaban J connectivity index is 1.68. The first kappa shape index (κ1) is 20.4. The molecule has 0 fully saturated rings. The summed E-state index contributed by atoms with van der Waals surface area (Å²) < 4.78 is 43.4. The summed E-state index contributed by atoms with van der Waals surface area (Å²) in [6, 6.07) is 9.68. The molecule has 10 heteroatoms. The Kier molecular flexibility index (Phi) is 6.40. The number of amides is 1. The third kappa shape index (κ3) is 4.93. The molecule has 2 aromatic rings. The molecule has 150 valence electrons. The van der Waals surface area contributed by atoms with Crippen LogP contribution in [0.25, 0.3) is 0 Å². The second kappa shape index (κ2) is 8.78. The number of rotatable bonds is 8. The van der Waals surface area contributed by atoms with E-state index >= 15 is 0 Å². The van der Waals surface area contributed by atoms with Crippen molar-refractivity contribution in [1.82, 2.24) is 4.72 Å². The molecule has 0 aromatic heterocycles. The van der Waals surface area contributed by atoms with E-state index in [0.29, 0.717) is 24.7 Å². The fourth-order valence-corrected chi connectivity index (χ4v) is 4.05. The number of anilines is 1. The summed E-state index contributed by atoms with van der Waals surface area (Å²) in [5.74, 6) is 0.592. The molecule has 3 rings (SSSR count). The fraction of sp³-hybridized carbons (Fsp3) is 0.278. The second-order valence-corrected chi connectivity index (χ2v) is 8.07. The van der Waals surface area contributed by atoms with Crippen LogP contribution in [-0.2, 0) is 26.1 Å². The maximum absolute atomic E-state index is 12.6. The minimum absolute atomic E-state index is 0.0149. The summed E-state index contributed by atoms with van der Waals surface area (Å²) in [6.45, 7) is 0.810. The first-order valence-electron chi connectivity index (χ1n) is 8.35. The number of hydrogen-bond acceptors (Lipinski definition) is 6. The van der Waals surface area contributed by atoms with Gasteiger partial charge in [0.2, 0.25) is 10.0 Å². The number of fused-ring (bicyclic) bond motifs is 1. The zero-order valence-corrected chi connectivity index (χ0v) is 16.6. The Bertz CT molecular complexity index is 963. The molecular weight excluding hydrogens is 408 g/mol. The SMILES string of the molecule is COCCOc1ccc(CNS(=O)(=O)c2cc3c(cc2Cl)NC(=O)CO3)cc1. The van der Waals surface area contributed by atoms with Crippen LogP contribution in [0.5, 0.6) is 11.5 Å². The molecule has 1 heterocycles. The zero-order valence-electron chi connectivity index (χ0n) is 15.0. The fourth-order valence-electron chi connectivity index (χ4n) is 2.49. The van der Waals surface area contributed by atoms with Crippen LogP contribution in [0.3, 0.4) is 0 Å². The Hall–Kier alpha value is -2.33. The van der Waals surface area contributed by atoms with Crippen LogP contribution in [0, 0.1) is 0 Å². The van der Waals surface area contributed by atoms with Gasteiger partial charge in [0.15, 0.2) is 6.61 Å². The molecule has 0 saturated carbocycles. The van der Waals surface area contributed by atoms with E-state index in [1.165, 1.54) is 12.1 Å². The quantitative estimate of drug-likeness (QED) is 0.627. The van der Waals surface area contributed by atoms with Gasteiger partial charge in [-0.3, -0.25) is 4.79 Å². The number of halogens is 1. The Labute approximate surface area is 167 Å². The highest BCUT2D eigenvalue weighted by molar-refractivity contribution is 7.89. The second-order valence-electron chi connectivity index (χ2n) is 5.93. The van der Waals surface area contributed by atoms with Crippen molar-refractivity contribution in [2.24, 2.45) is 0 Å². The van der Waals surface area contributed by atoms with E-state index in [-0.39, 0.29) is 34.7 Å². The van der Waals surface area contributed by atoms with Crippen molar-refractivity contribution >= 4 is 33.2 Å². The normalized spacial score (nSPS) is 13.4. The number of ether oxygens (including phenoxy) is 3. The van der Waals surface area contributed by atoms with E-state index in [9.17, 15) is 13.2 Å². The van der Waals surface area contributed by atoms with Crippen molar-refractivity contribution in [3.8, 4) is 11.5 Å². The van der Waals surface area contributed by atoms with Gasteiger partial charge in [0.05, 0.1) is 17.3 Å². The average Bonchev–Trinajstić information content (AvgIpc) is 2.67. The summed E-state index contributed by atoms with van der Waals surface area (Å²) >= 11 is 6.10. The molecule has 0 radical (unpaired) electrons. The molecule has 2 N–H and O–H groups in total. The summed E-state index contributed by atoms with van der Waals surface area (Å²) in [5, 5.41) is 2.56. The maximum atomic E-state index is 12.6. The third-order valence-corrected chi connectivity index (χ3v) is 5.77. The van der Waals surface area contributed by atoms with Gasteiger partial charge in [0.1, 0.15) is 23.0 Å². The van der Waals surface area contributed by atoms with E-state index in [1.807, 2.05) is 0 Å². The lowest BCUT2D eigenvalue weighted by Gasteiger charge is -2.19. The van der Waals surface area contributed by atoms with Crippen LogP contribution < -0.4 is 19.5 Å². The monoisotopic (exact) mass is 426 g/mol. The highest BCUT2D eigenvalue weighted by Gasteiger charge is 2.24. The van der Waals surface area contributed by atoms with Gasteiger partial charge in [-0.2, -0.15) is 0 Å². The number of nitrogens with one attached hydrogen (secondary N) is 2. The van der Waals surface area contributed by atoms with Gasteiger partial charge in [-0.25, -0.2) is 13.1 Å². The molecule has 1 amide bonds. The lowest BCUT2D eigenvalue weighted by atomic mass is 10.2. The van der Waals surface area contributed by atoms with Crippen molar-refractivity contribution in [3.05, 3.63) is 47.0 Å². The molecule has 0 atom stereocenters. The van der Waals surface area contributed by atoms with Gasteiger partial charge >= 0.3 is 0 Å². The van der Waals surface area contributed by atoms with E-state index in [1.54, 1.807) is 31.4 Å². The minimum Gasteiger partial charge on any atom is -0.491 e. The Morgan fingerprint density at radius 3 is 2.68 bits per heavy atom. The van der Waals surface area contributed by atoms with Gasteiger partial charge in [-0.05, 0) is 23.8 Å². The Morgan fingerprint density at radius 1 is 1.21 bits per heavy atom. The third-order valence-electron chi connectivity index (χ3n) is 3.90. The average molecular weight is 427 g/mol. The number of hydrogen-bond donors (Lipinski definition) is 2. The number of carbonyl (C=O) groups excluding carboxylic acids is 1. The molecule has 2 aromatic carbocycles. The molecule has 1 aliphatic rings. The van der Waals surface area contributed by atoms with Crippen molar-refractivity contribution in [3.63, 3.8) is 0 Å². The number of sulfonamides is 1. The molecule has 28 heavy (non-hydrogen) atoms. The van der Waals surface area contributed by atoms with E-state index in [4.69, 9.17) is 25.8 Å². The van der Waals surface area contributed by atoms with E-state index < -0.39 is 10.0 Å². The van der Waals surface area contributed by atoms with Crippen molar-refractivity contribution in [2.45, 2.75) is 11.4 Å². The summed E-state index contributed by atoms with van der Waals surface area (Å²) in [6.07, 6.45) is 0. The minimum atomic E-state index is -3.89. The van der Waals surface area contributed by atoms with Crippen LogP contribution in [0.1, 0.15) is 5.56 Å².